The van der Waals surface area contributed by atoms with Crippen molar-refractivity contribution < 1.29 is 19.4 Å². The summed E-state index contributed by atoms with van der Waals surface area (Å²) in [6.45, 7) is 5.68. The van der Waals surface area contributed by atoms with Crippen molar-refractivity contribution in [1.29, 1.82) is 0 Å². The molecular weight excluding hydrogens is 284 g/mol. The van der Waals surface area contributed by atoms with Crippen molar-refractivity contribution in [2.75, 3.05) is 6.54 Å². The van der Waals surface area contributed by atoms with Crippen LogP contribution in [0.4, 0.5) is 4.79 Å². The molecule has 126 valence electrons. The number of carbonyl (C=O) groups excluding carboxylic acids is 1. The molecule has 0 heterocycles. The molecule has 22 heavy (non-hydrogen) atoms. The molecule has 0 spiro atoms. The molecule has 0 radical (unpaired) electrons. The Morgan fingerprint density at radius 2 is 1.59 bits per heavy atom. The Labute approximate surface area is 132 Å². The Morgan fingerprint density at radius 3 is 2.00 bits per heavy atom. The summed E-state index contributed by atoms with van der Waals surface area (Å²) in [5, 5.41) is 11.8. The molecule has 0 aromatic carbocycles. The Hall–Kier alpha value is -1.30. The van der Waals surface area contributed by atoms with Crippen LogP contribution in [-0.2, 0) is 9.53 Å². The van der Waals surface area contributed by atoms with Gasteiger partial charge in [0.2, 0.25) is 0 Å². The van der Waals surface area contributed by atoms with E-state index in [9.17, 15) is 9.59 Å². The summed E-state index contributed by atoms with van der Waals surface area (Å²) >= 11 is 0. The molecule has 1 amide bonds. The highest BCUT2D eigenvalue weighted by molar-refractivity contribution is 5.69. The van der Waals surface area contributed by atoms with E-state index in [0.717, 1.165) is 38.5 Å². The van der Waals surface area contributed by atoms with Gasteiger partial charge in [-0.2, -0.15) is 0 Å². The SMILES string of the molecule is CC(C)(C)OC(=O)N(C1CCC(NCC(=O)O)CC1)C1CC1. The van der Waals surface area contributed by atoms with Crippen LogP contribution in [-0.4, -0.2) is 52.3 Å². The van der Waals surface area contributed by atoms with Crippen molar-refractivity contribution in [1.82, 2.24) is 10.2 Å². The number of hydrogen-bond acceptors (Lipinski definition) is 4. The summed E-state index contributed by atoms with van der Waals surface area (Å²) in [4.78, 5) is 25.0. The molecule has 2 aliphatic rings. The Kier molecular flexibility index (Phi) is 5.32. The van der Waals surface area contributed by atoms with E-state index < -0.39 is 11.6 Å². The molecule has 2 aliphatic carbocycles. The molecule has 2 fully saturated rings. The molecular formula is C16H28N2O4. The van der Waals surface area contributed by atoms with Crippen molar-refractivity contribution in [2.24, 2.45) is 0 Å². The molecule has 0 aromatic rings. The fourth-order valence-corrected chi connectivity index (χ4v) is 3.05. The summed E-state index contributed by atoms with van der Waals surface area (Å²) < 4.78 is 5.55. The third kappa shape index (κ3) is 5.16. The summed E-state index contributed by atoms with van der Waals surface area (Å²) in [6, 6.07) is 0.806. The minimum absolute atomic E-state index is 0.00768. The average molecular weight is 312 g/mol. The average Bonchev–Trinajstić information content (AvgIpc) is 3.20. The molecule has 6 heteroatoms. The second-order valence-electron chi connectivity index (χ2n) is 7.40. The molecule has 0 atom stereocenters. The number of rotatable bonds is 5. The maximum atomic E-state index is 12.4. The first-order valence-electron chi connectivity index (χ1n) is 8.23. The monoisotopic (exact) mass is 312 g/mol. The smallest absolute Gasteiger partial charge is 0.410 e. The van der Waals surface area contributed by atoms with Crippen LogP contribution in [0, 0.1) is 0 Å². The minimum Gasteiger partial charge on any atom is -0.480 e. The largest absolute Gasteiger partial charge is 0.480 e. The number of carbonyl (C=O) groups is 2. The summed E-state index contributed by atoms with van der Waals surface area (Å²) in [5.41, 5.74) is -0.468. The van der Waals surface area contributed by atoms with Crippen LogP contribution in [0.5, 0.6) is 0 Å². The number of ether oxygens (including phenoxy) is 1. The maximum absolute atomic E-state index is 12.4. The van der Waals surface area contributed by atoms with Gasteiger partial charge in [0.1, 0.15) is 5.60 Å². The van der Waals surface area contributed by atoms with Gasteiger partial charge < -0.3 is 20.1 Å². The fourth-order valence-electron chi connectivity index (χ4n) is 3.05. The maximum Gasteiger partial charge on any atom is 0.410 e. The van der Waals surface area contributed by atoms with Crippen LogP contribution in [0.15, 0.2) is 0 Å². The van der Waals surface area contributed by atoms with Crippen LogP contribution in [0.25, 0.3) is 0 Å². The molecule has 2 rings (SSSR count). The predicted molar refractivity (Wildman–Crippen MR) is 82.8 cm³/mol. The minimum atomic E-state index is -0.824. The van der Waals surface area contributed by atoms with Crippen LogP contribution in [0.2, 0.25) is 0 Å². The van der Waals surface area contributed by atoms with E-state index in [1.54, 1.807) is 0 Å². The number of nitrogens with one attached hydrogen (secondary N) is 1. The van der Waals surface area contributed by atoms with Gasteiger partial charge in [-0.3, -0.25) is 4.79 Å². The number of carboxylic acids is 1. The first kappa shape index (κ1) is 17.1. The Balaban J connectivity index is 1.86. The van der Waals surface area contributed by atoms with Crippen LogP contribution < -0.4 is 5.32 Å². The van der Waals surface area contributed by atoms with Crippen LogP contribution in [0.1, 0.15) is 59.3 Å². The fraction of sp³-hybridized carbons (Fsp3) is 0.875. The van der Waals surface area contributed by atoms with E-state index in [1.807, 2.05) is 25.7 Å². The molecule has 0 aliphatic heterocycles. The standard InChI is InChI=1S/C16H28N2O4/c1-16(2,3)22-15(21)18(13-8-9-13)12-6-4-11(5-7-12)17-10-14(19)20/h11-13,17H,4-10H2,1-3H3,(H,19,20). The Morgan fingerprint density at radius 1 is 1.09 bits per heavy atom. The van der Waals surface area contributed by atoms with E-state index in [0.29, 0.717) is 6.04 Å². The van der Waals surface area contributed by atoms with Crippen molar-refractivity contribution in [3.63, 3.8) is 0 Å². The van der Waals surface area contributed by atoms with Gasteiger partial charge in [0.15, 0.2) is 0 Å². The summed E-state index contributed by atoms with van der Waals surface area (Å²) in [5.74, 6) is -0.824. The molecule has 0 saturated heterocycles. The topological polar surface area (TPSA) is 78.9 Å². The van der Waals surface area contributed by atoms with Gasteiger partial charge in [-0.25, -0.2) is 4.79 Å². The third-order valence-corrected chi connectivity index (χ3v) is 4.18. The number of aliphatic carboxylic acids is 1. The molecule has 2 N–H and O–H groups in total. The highest BCUT2D eigenvalue weighted by atomic mass is 16.6. The van der Waals surface area contributed by atoms with Crippen molar-refractivity contribution in [3.8, 4) is 0 Å². The van der Waals surface area contributed by atoms with Gasteiger partial charge in [0, 0.05) is 18.1 Å². The number of amides is 1. The van der Waals surface area contributed by atoms with E-state index in [4.69, 9.17) is 9.84 Å². The highest BCUT2D eigenvalue weighted by Crippen LogP contribution is 2.35. The summed E-state index contributed by atoms with van der Waals surface area (Å²) in [7, 11) is 0. The zero-order chi connectivity index (χ0) is 16.3. The molecule has 2 saturated carbocycles. The lowest BCUT2D eigenvalue weighted by Crippen LogP contribution is -2.48. The normalized spacial score (nSPS) is 25.6. The van der Waals surface area contributed by atoms with Crippen molar-refractivity contribution in [3.05, 3.63) is 0 Å². The zero-order valence-electron chi connectivity index (χ0n) is 13.8. The van der Waals surface area contributed by atoms with Gasteiger partial charge in [-0.15, -0.1) is 0 Å². The van der Waals surface area contributed by atoms with Gasteiger partial charge >= 0.3 is 12.1 Å². The molecule has 0 aromatic heterocycles. The number of carboxylic acid groups (broad SMARTS) is 1. The molecule has 0 unspecified atom stereocenters. The molecule has 0 bridgehead atoms. The van der Waals surface area contributed by atoms with Crippen molar-refractivity contribution in [2.45, 2.75) is 83.0 Å². The zero-order valence-corrected chi connectivity index (χ0v) is 13.8. The van der Waals surface area contributed by atoms with Gasteiger partial charge in [-0.05, 0) is 59.3 Å². The number of hydrogen-bond donors (Lipinski definition) is 2. The quantitative estimate of drug-likeness (QED) is 0.815. The first-order valence-corrected chi connectivity index (χ1v) is 8.23. The van der Waals surface area contributed by atoms with Crippen molar-refractivity contribution >= 4 is 12.1 Å². The second-order valence-corrected chi connectivity index (χ2v) is 7.40. The van der Waals surface area contributed by atoms with Gasteiger partial charge in [-0.1, -0.05) is 0 Å². The van der Waals surface area contributed by atoms with Gasteiger partial charge in [0.25, 0.3) is 0 Å². The number of nitrogens with zero attached hydrogens (tertiary/aromatic N) is 1. The van der Waals surface area contributed by atoms with E-state index >= 15 is 0 Å². The van der Waals surface area contributed by atoms with E-state index in [1.165, 1.54) is 0 Å². The lowest BCUT2D eigenvalue weighted by atomic mass is 9.90. The van der Waals surface area contributed by atoms with E-state index in [2.05, 4.69) is 5.32 Å². The first-order chi connectivity index (χ1) is 10.3. The van der Waals surface area contributed by atoms with Crippen LogP contribution >= 0.6 is 0 Å². The highest BCUT2D eigenvalue weighted by Gasteiger charge is 2.40. The van der Waals surface area contributed by atoms with Crippen LogP contribution in [0.3, 0.4) is 0 Å². The third-order valence-electron chi connectivity index (χ3n) is 4.18. The summed E-state index contributed by atoms with van der Waals surface area (Å²) in [6.07, 6.45) is 5.57. The Bertz CT molecular complexity index is 407. The predicted octanol–water partition coefficient (Wildman–Crippen LogP) is 2.37. The lowest BCUT2D eigenvalue weighted by Gasteiger charge is -2.38. The lowest BCUT2D eigenvalue weighted by molar-refractivity contribution is -0.136. The van der Waals surface area contributed by atoms with Gasteiger partial charge in [0.05, 0.1) is 6.54 Å². The van der Waals surface area contributed by atoms with E-state index in [-0.39, 0.29) is 24.7 Å². The molecule has 6 nitrogen and oxygen atoms in total. The second kappa shape index (κ2) is 6.86.